The molecule has 0 amide bonds. The van der Waals surface area contributed by atoms with Crippen LogP contribution in [0.1, 0.15) is 28.9 Å². The van der Waals surface area contributed by atoms with Crippen LogP contribution in [-0.2, 0) is 0 Å². The predicted molar refractivity (Wildman–Crippen MR) is 79.0 cm³/mol. The summed E-state index contributed by atoms with van der Waals surface area (Å²) in [5.41, 5.74) is 2.95. The highest BCUT2D eigenvalue weighted by Gasteiger charge is 2.23. The van der Waals surface area contributed by atoms with E-state index in [0.29, 0.717) is 22.5 Å². The lowest BCUT2D eigenvalue weighted by molar-refractivity contribution is 0.102. The summed E-state index contributed by atoms with van der Waals surface area (Å²) in [5, 5.41) is 3.66. The molecule has 0 bridgehead atoms. The third-order valence-corrected chi connectivity index (χ3v) is 3.72. The van der Waals surface area contributed by atoms with Crippen molar-refractivity contribution in [2.24, 2.45) is 0 Å². The normalized spacial score (nSPS) is 14.6. The van der Waals surface area contributed by atoms with Crippen molar-refractivity contribution < 1.29 is 4.79 Å². The monoisotopic (exact) mass is 319 g/mol. The van der Waals surface area contributed by atoms with E-state index < -0.39 is 0 Å². The highest BCUT2D eigenvalue weighted by atomic mass is 79.9. The Balaban J connectivity index is 2.14. The van der Waals surface area contributed by atoms with Gasteiger partial charge >= 0.3 is 0 Å². The fourth-order valence-electron chi connectivity index (χ4n) is 2.02. The Morgan fingerprint density at radius 3 is 2.89 bits per heavy atom. The zero-order valence-corrected chi connectivity index (χ0v) is 12.2. The summed E-state index contributed by atoms with van der Waals surface area (Å²) in [7, 11) is 0. The van der Waals surface area contributed by atoms with Crippen molar-refractivity contribution in [1.82, 2.24) is 9.97 Å². The van der Waals surface area contributed by atoms with E-state index in [0.717, 1.165) is 17.0 Å². The lowest BCUT2D eigenvalue weighted by atomic mass is 10.1. The molecule has 2 aromatic rings. The van der Waals surface area contributed by atoms with Gasteiger partial charge in [-0.3, -0.25) is 4.79 Å². The zero-order valence-electron chi connectivity index (χ0n) is 10.6. The van der Waals surface area contributed by atoms with Crippen molar-refractivity contribution in [2.45, 2.75) is 25.8 Å². The number of anilines is 1. The van der Waals surface area contributed by atoms with Crippen molar-refractivity contribution in [3.05, 3.63) is 29.5 Å². The van der Waals surface area contributed by atoms with E-state index in [1.54, 1.807) is 6.07 Å². The number of nitrogens with one attached hydrogen (secondary N) is 1. The molecule has 1 aliphatic rings. The predicted octanol–water partition coefficient (Wildman–Crippen LogP) is 3.09. The number of hydrogen-bond donors (Lipinski definition) is 1. The van der Waals surface area contributed by atoms with Crippen LogP contribution < -0.4 is 5.32 Å². The molecule has 0 spiro atoms. The Morgan fingerprint density at radius 1 is 1.42 bits per heavy atom. The van der Waals surface area contributed by atoms with E-state index in [9.17, 15) is 4.79 Å². The van der Waals surface area contributed by atoms with Crippen LogP contribution >= 0.6 is 15.9 Å². The number of Topliss-reactive ketones (excluding diaryl/α,β-unsaturated/α-hetero) is 1. The summed E-state index contributed by atoms with van der Waals surface area (Å²) in [5.74, 6) is 0.825. The van der Waals surface area contributed by atoms with Crippen molar-refractivity contribution in [3.8, 4) is 0 Å². The number of hydrogen-bond acceptors (Lipinski definition) is 4. The van der Waals surface area contributed by atoms with Gasteiger partial charge in [0.15, 0.2) is 5.78 Å². The Bertz CT molecular complexity index is 652. The number of aromatic nitrogens is 2. The molecule has 19 heavy (non-hydrogen) atoms. The first-order valence-electron chi connectivity index (χ1n) is 6.32. The van der Waals surface area contributed by atoms with Crippen LogP contribution in [-0.4, -0.2) is 27.1 Å². The second-order valence-electron chi connectivity index (χ2n) is 4.81. The average Bonchev–Trinajstić information content (AvgIpc) is 3.22. The van der Waals surface area contributed by atoms with Gasteiger partial charge < -0.3 is 5.32 Å². The van der Waals surface area contributed by atoms with Crippen LogP contribution in [0, 0.1) is 6.92 Å². The lowest BCUT2D eigenvalue weighted by Gasteiger charge is -2.10. The molecular weight excluding hydrogens is 306 g/mol. The molecule has 1 aromatic heterocycles. The molecule has 1 saturated carbocycles. The summed E-state index contributed by atoms with van der Waals surface area (Å²) < 4.78 is 0. The molecule has 3 rings (SSSR count). The molecule has 98 valence electrons. The first-order valence-corrected chi connectivity index (χ1v) is 7.44. The molecule has 1 aromatic carbocycles. The number of halogens is 1. The summed E-state index contributed by atoms with van der Waals surface area (Å²) in [6.45, 7) is 1.94. The van der Waals surface area contributed by atoms with Gasteiger partial charge in [-0.05, 0) is 31.9 Å². The maximum atomic E-state index is 11.9. The van der Waals surface area contributed by atoms with E-state index >= 15 is 0 Å². The van der Waals surface area contributed by atoms with Crippen LogP contribution in [0.2, 0.25) is 0 Å². The number of para-hydroxylation sites is 1. The molecule has 0 unspecified atom stereocenters. The molecular formula is C14H14BrN3O. The number of benzene rings is 1. The summed E-state index contributed by atoms with van der Waals surface area (Å²) in [6.07, 6.45) is 2.36. The highest BCUT2D eigenvalue weighted by molar-refractivity contribution is 9.09. The van der Waals surface area contributed by atoms with Gasteiger partial charge in [0.2, 0.25) is 0 Å². The topological polar surface area (TPSA) is 54.9 Å². The zero-order chi connectivity index (χ0) is 13.4. The first kappa shape index (κ1) is 12.5. The minimum atomic E-state index is 0.0288. The number of aryl methyl sites for hydroxylation is 1. The Hall–Kier alpha value is -1.49. The van der Waals surface area contributed by atoms with Gasteiger partial charge in [-0.25, -0.2) is 9.97 Å². The summed E-state index contributed by atoms with van der Waals surface area (Å²) >= 11 is 3.21. The largest absolute Gasteiger partial charge is 0.366 e. The third-order valence-electron chi connectivity index (χ3n) is 3.21. The Kier molecular flexibility index (Phi) is 3.22. The quantitative estimate of drug-likeness (QED) is 0.695. The molecule has 0 aliphatic heterocycles. The molecule has 1 aliphatic carbocycles. The molecule has 5 heteroatoms. The number of fused-ring (bicyclic) bond motifs is 1. The van der Waals surface area contributed by atoms with Crippen LogP contribution in [0.15, 0.2) is 18.2 Å². The fourth-order valence-corrected chi connectivity index (χ4v) is 2.32. The number of nitrogens with zero attached hydrogens (tertiary/aromatic N) is 2. The molecule has 1 heterocycles. The second kappa shape index (κ2) is 4.89. The molecule has 4 nitrogen and oxygen atoms in total. The third kappa shape index (κ3) is 2.47. The second-order valence-corrected chi connectivity index (χ2v) is 5.37. The minimum Gasteiger partial charge on any atom is -0.366 e. The van der Waals surface area contributed by atoms with Crippen LogP contribution in [0.3, 0.4) is 0 Å². The molecule has 0 saturated heterocycles. The number of ketones is 1. The molecule has 1 fully saturated rings. The Labute approximate surface area is 119 Å². The van der Waals surface area contributed by atoms with E-state index in [-0.39, 0.29) is 5.78 Å². The molecule has 1 N–H and O–H groups in total. The number of carbonyl (C=O) groups is 1. The van der Waals surface area contributed by atoms with Gasteiger partial charge in [0.25, 0.3) is 0 Å². The van der Waals surface area contributed by atoms with E-state index in [2.05, 4.69) is 31.2 Å². The van der Waals surface area contributed by atoms with Gasteiger partial charge in [0.05, 0.1) is 16.5 Å². The summed E-state index contributed by atoms with van der Waals surface area (Å²) in [4.78, 5) is 21.1. The van der Waals surface area contributed by atoms with E-state index in [1.807, 2.05) is 19.1 Å². The van der Waals surface area contributed by atoms with Crippen molar-refractivity contribution in [2.75, 3.05) is 10.6 Å². The van der Waals surface area contributed by atoms with Crippen LogP contribution in [0.25, 0.3) is 11.0 Å². The minimum absolute atomic E-state index is 0.0288. The van der Waals surface area contributed by atoms with Crippen molar-refractivity contribution >= 4 is 38.6 Å². The van der Waals surface area contributed by atoms with E-state index in [1.165, 1.54) is 12.8 Å². The highest BCUT2D eigenvalue weighted by Crippen LogP contribution is 2.27. The summed E-state index contributed by atoms with van der Waals surface area (Å²) in [6, 6.07) is 6.06. The van der Waals surface area contributed by atoms with Gasteiger partial charge in [-0.2, -0.15) is 0 Å². The van der Waals surface area contributed by atoms with Crippen LogP contribution in [0.5, 0.6) is 0 Å². The Morgan fingerprint density at radius 2 is 2.21 bits per heavy atom. The van der Waals surface area contributed by atoms with E-state index in [4.69, 9.17) is 0 Å². The molecule has 0 atom stereocenters. The molecule has 0 radical (unpaired) electrons. The number of carbonyl (C=O) groups excluding carboxylic acids is 1. The number of rotatable bonds is 4. The first-order chi connectivity index (χ1) is 9.19. The van der Waals surface area contributed by atoms with Crippen molar-refractivity contribution in [1.29, 1.82) is 0 Å². The number of alkyl halides is 1. The SMILES string of the molecule is Cc1nc2cccc(C(=O)CBr)c2nc1NC1CC1. The van der Waals surface area contributed by atoms with Crippen molar-refractivity contribution in [3.63, 3.8) is 0 Å². The van der Waals surface area contributed by atoms with Gasteiger partial charge in [-0.15, -0.1) is 0 Å². The fraction of sp³-hybridized carbons (Fsp3) is 0.357. The maximum Gasteiger partial charge on any atom is 0.175 e. The lowest BCUT2D eigenvalue weighted by Crippen LogP contribution is -2.09. The van der Waals surface area contributed by atoms with Crippen LogP contribution in [0.4, 0.5) is 5.82 Å². The van der Waals surface area contributed by atoms with Gasteiger partial charge in [-0.1, -0.05) is 22.0 Å². The average molecular weight is 320 g/mol. The standard InChI is InChI=1S/C14H14BrN3O/c1-8-14(17-9-5-6-9)18-13-10(12(19)7-15)3-2-4-11(13)16-8/h2-4,9H,5-7H2,1H3,(H,17,18). The smallest absolute Gasteiger partial charge is 0.175 e. The van der Waals surface area contributed by atoms with Gasteiger partial charge in [0.1, 0.15) is 11.3 Å². The maximum absolute atomic E-state index is 11.9. The van der Waals surface area contributed by atoms with Gasteiger partial charge in [0, 0.05) is 11.6 Å².